The van der Waals surface area contributed by atoms with E-state index in [0.29, 0.717) is 24.8 Å². The molecule has 1 amide bonds. The van der Waals surface area contributed by atoms with Crippen molar-refractivity contribution >= 4 is 17.2 Å². The van der Waals surface area contributed by atoms with Gasteiger partial charge >= 0.3 is 0 Å². The van der Waals surface area contributed by atoms with Crippen molar-refractivity contribution in [2.45, 2.75) is 12.5 Å². The molecule has 0 saturated carbocycles. The fourth-order valence-electron chi connectivity index (χ4n) is 2.23. The Labute approximate surface area is 126 Å². The van der Waals surface area contributed by atoms with Crippen LogP contribution >= 0.6 is 11.3 Å². The van der Waals surface area contributed by atoms with Gasteiger partial charge in [-0.1, -0.05) is 0 Å². The molecule has 2 aromatic rings. The van der Waals surface area contributed by atoms with E-state index < -0.39 is 0 Å². The largest absolute Gasteiger partial charge is 0.480 e. The van der Waals surface area contributed by atoms with Gasteiger partial charge in [0.2, 0.25) is 11.8 Å². The van der Waals surface area contributed by atoms with Crippen molar-refractivity contribution in [3.63, 3.8) is 0 Å². The van der Waals surface area contributed by atoms with Crippen molar-refractivity contribution in [3.8, 4) is 11.8 Å². The molecule has 1 aliphatic rings. The van der Waals surface area contributed by atoms with Crippen LogP contribution in [0, 0.1) is 0 Å². The summed E-state index contributed by atoms with van der Waals surface area (Å²) < 4.78 is 10.8. The van der Waals surface area contributed by atoms with Gasteiger partial charge in [0.15, 0.2) is 0 Å². The molecule has 1 atom stereocenters. The Morgan fingerprint density at radius 2 is 2.29 bits per heavy atom. The number of carbonyl (C=O) groups is 1. The molecule has 1 fully saturated rings. The molecular weight excluding hydrogens is 290 g/mol. The second-order valence-corrected chi connectivity index (χ2v) is 5.47. The average Bonchev–Trinajstić information content (AvgIpc) is 3.18. The molecule has 2 aromatic heterocycles. The molecule has 0 N–H and O–H groups in total. The molecule has 0 bridgehead atoms. The third-order valence-corrected chi connectivity index (χ3v) is 3.97. The second-order valence-electron chi connectivity index (χ2n) is 4.69. The molecule has 7 heteroatoms. The minimum Gasteiger partial charge on any atom is -0.480 e. The van der Waals surface area contributed by atoms with E-state index in [9.17, 15) is 4.79 Å². The lowest BCUT2D eigenvalue weighted by molar-refractivity contribution is 0.0771. The first-order chi connectivity index (χ1) is 10.3. The van der Waals surface area contributed by atoms with Gasteiger partial charge in [0.25, 0.3) is 5.91 Å². The number of aromatic nitrogens is 2. The molecule has 0 radical (unpaired) electrons. The maximum atomic E-state index is 12.2. The fourth-order valence-corrected chi connectivity index (χ4v) is 2.86. The normalized spacial score (nSPS) is 17.8. The molecule has 1 saturated heterocycles. The summed E-state index contributed by atoms with van der Waals surface area (Å²) in [5.41, 5.74) is 0.738. The maximum absolute atomic E-state index is 12.2. The number of hydrogen-bond donors (Lipinski definition) is 0. The van der Waals surface area contributed by atoms with Crippen LogP contribution in [-0.2, 0) is 0 Å². The average molecular weight is 305 g/mol. The SMILES string of the molecule is COc1cncc(O[C@@H]2CCN(C(=O)c3ccsc3)C2)n1. The summed E-state index contributed by atoms with van der Waals surface area (Å²) in [5, 5.41) is 3.77. The lowest BCUT2D eigenvalue weighted by Crippen LogP contribution is -2.30. The van der Waals surface area contributed by atoms with Crippen LogP contribution in [0.15, 0.2) is 29.2 Å². The van der Waals surface area contributed by atoms with Crippen LogP contribution in [0.2, 0.25) is 0 Å². The zero-order chi connectivity index (χ0) is 14.7. The Morgan fingerprint density at radius 3 is 3.05 bits per heavy atom. The van der Waals surface area contributed by atoms with Crippen molar-refractivity contribution in [1.29, 1.82) is 0 Å². The third kappa shape index (κ3) is 3.13. The summed E-state index contributed by atoms with van der Waals surface area (Å²) in [7, 11) is 1.53. The third-order valence-electron chi connectivity index (χ3n) is 3.29. The minimum atomic E-state index is -0.0611. The summed E-state index contributed by atoms with van der Waals surface area (Å²) in [4.78, 5) is 22.2. The first-order valence-electron chi connectivity index (χ1n) is 6.60. The zero-order valence-electron chi connectivity index (χ0n) is 11.6. The first kappa shape index (κ1) is 13.8. The first-order valence-corrected chi connectivity index (χ1v) is 7.54. The Hall–Kier alpha value is -2.15. The summed E-state index contributed by atoms with van der Waals surface area (Å²) in [6, 6.07) is 1.84. The van der Waals surface area contributed by atoms with Crippen LogP contribution in [0.3, 0.4) is 0 Å². The van der Waals surface area contributed by atoms with Gasteiger partial charge in [0.1, 0.15) is 6.10 Å². The Kier molecular flexibility index (Phi) is 4.01. The van der Waals surface area contributed by atoms with Crippen molar-refractivity contribution in [2.24, 2.45) is 0 Å². The van der Waals surface area contributed by atoms with E-state index in [-0.39, 0.29) is 12.0 Å². The number of amides is 1. The standard InChI is InChI=1S/C14H15N3O3S/c1-19-12-6-15-7-13(16-12)20-11-2-4-17(8-11)14(18)10-3-5-21-9-10/h3,5-7,9,11H,2,4,8H2,1H3/t11-/m1/s1. The number of ether oxygens (including phenoxy) is 2. The molecule has 0 aliphatic carbocycles. The summed E-state index contributed by atoms with van der Waals surface area (Å²) in [6.45, 7) is 1.25. The van der Waals surface area contributed by atoms with Gasteiger partial charge in [-0.3, -0.25) is 9.78 Å². The topological polar surface area (TPSA) is 64.6 Å². The number of nitrogens with zero attached hydrogens (tertiary/aromatic N) is 3. The molecule has 110 valence electrons. The van der Waals surface area contributed by atoms with E-state index >= 15 is 0 Å². The van der Waals surface area contributed by atoms with Gasteiger partial charge in [0.05, 0.1) is 31.6 Å². The van der Waals surface area contributed by atoms with E-state index in [1.54, 1.807) is 11.1 Å². The monoisotopic (exact) mass is 305 g/mol. The van der Waals surface area contributed by atoms with Crippen LogP contribution in [-0.4, -0.2) is 47.1 Å². The van der Waals surface area contributed by atoms with Gasteiger partial charge in [-0.25, -0.2) is 0 Å². The smallest absolute Gasteiger partial charge is 0.254 e. The molecule has 21 heavy (non-hydrogen) atoms. The Morgan fingerprint density at radius 1 is 1.43 bits per heavy atom. The summed E-state index contributed by atoms with van der Waals surface area (Å²) in [6.07, 6.45) is 3.79. The molecule has 0 unspecified atom stereocenters. The molecule has 3 rings (SSSR count). The molecule has 6 nitrogen and oxygen atoms in total. The van der Waals surface area contributed by atoms with Crippen molar-refractivity contribution in [1.82, 2.24) is 14.9 Å². The van der Waals surface area contributed by atoms with Crippen LogP contribution in [0.5, 0.6) is 11.8 Å². The maximum Gasteiger partial charge on any atom is 0.254 e. The predicted octanol–water partition coefficient (Wildman–Crippen LogP) is 1.84. The number of thiophene rings is 1. The van der Waals surface area contributed by atoms with Crippen LogP contribution < -0.4 is 9.47 Å². The van der Waals surface area contributed by atoms with E-state index in [2.05, 4.69) is 9.97 Å². The molecule has 0 spiro atoms. The minimum absolute atomic E-state index is 0.0547. The van der Waals surface area contributed by atoms with Crippen molar-refractivity contribution in [2.75, 3.05) is 20.2 Å². The van der Waals surface area contributed by atoms with Gasteiger partial charge in [-0.05, 0) is 11.4 Å². The van der Waals surface area contributed by atoms with Gasteiger partial charge < -0.3 is 14.4 Å². The van der Waals surface area contributed by atoms with E-state index in [1.807, 2.05) is 16.8 Å². The van der Waals surface area contributed by atoms with E-state index in [1.165, 1.54) is 24.6 Å². The Bertz CT molecular complexity index is 618. The van der Waals surface area contributed by atoms with Crippen LogP contribution in [0.1, 0.15) is 16.8 Å². The highest BCUT2D eigenvalue weighted by Gasteiger charge is 2.28. The summed E-state index contributed by atoms with van der Waals surface area (Å²) >= 11 is 1.52. The number of rotatable bonds is 4. The second kappa shape index (κ2) is 6.09. The van der Waals surface area contributed by atoms with Crippen molar-refractivity contribution in [3.05, 3.63) is 34.8 Å². The molecule has 0 aromatic carbocycles. The number of methoxy groups -OCH3 is 1. The number of hydrogen-bond acceptors (Lipinski definition) is 6. The van der Waals surface area contributed by atoms with Crippen LogP contribution in [0.4, 0.5) is 0 Å². The number of carbonyl (C=O) groups excluding carboxylic acids is 1. The van der Waals surface area contributed by atoms with Gasteiger partial charge in [0, 0.05) is 18.3 Å². The highest BCUT2D eigenvalue weighted by atomic mass is 32.1. The zero-order valence-corrected chi connectivity index (χ0v) is 12.4. The lowest BCUT2D eigenvalue weighted by atomic mass is 10.3. The van der Waals surface area contributed by atoms with E-state index in [4.69, 9.17) is 9.47 Å². The molecular formula is C14H15N3O3S. The number of likely N-dealkylation sites (tertiary alicyclic amines) is 1. The molecule has 1 aliphatic heterocycles. The fraction of sp³-hybridized carbons (Fsp3) is 0.357. The molecule has 3 heterocycles. The van der Waals surface area contributed by atoms with Crippen molar-refractivity contribution < 1.29 is 14.3 Å². The van der Waals surface area contributed by atoms with Crippen LogP contribution in [0.25, 0.3) is 0 Å². The lowest BCUT2D eigenvalue weighted by Gasteiger charge is -2.16. The predicted molar refractivity (Wildman–Crippen MR) is 77.8 cm³/mol. The van der Waals surface area contributed by atoms with Gasteiger partial charge in [-0.2, -0.15) is 16.3 Å². The Balaban J connectivity index is 1.60. The highest BCUT2D eigenvalue weighted by molar-refractivity contribution is 7.08. The quantitative estimate of drug-likeness (QED) is 0.862. The van der Waals surface area contributed by atoms with Gasteiger partial charge in [-0.15, -0.1) is 0 Å². The van der Waals surface area contributed by atoms with E-state index in [0.717, 1.165) is 12.0 Å². The highest BCUT2D eigenvalue weighted by Crippen LogP contribution is 2.20. The summed E-state index contributed by atoms with van der Waals surface area (Å²) in [5.74, 6) is 0.889.